The summed E-state index contributed by atoms with van der Waals surface area (Å²) in [5.74, 6) is 1.20. The molecule has 0 aliphatic carbocycles. The van der Waals surface area contributed by atoms with E-state index >= 15 is 0 Å². The molecule has 4 nitrogen and oxygen atoms in total. The van der Waals surface area contributed by atoms with Gasteiger partial charge in [-0.05, 0) is 19.9 Å². The van der Waals surface area contributed by atoms with E-state index < -0.39 is 0 Å². The normalized spacial score (nSPS) is 10.3. The van der Waals surface area contributed by atoms with Gasteiger partial charge in [0.1, 0.15) is 5.76 Å². The van der Waals surface area contributed by atoms with Gasteiger partial charge in [0.05, 0.1) is 11.3 Å². The Bertz CT molecular complexity index is 484. The van der Waals surface area contributed by atoms with E-state index in [4.69, 9.17) is 4.42 Å². The molecule has 0 aliphatic rings. The van der Waals surface area contributed by atoms with Gasteiger partial charge in [-0.1, -0.05) is 0 Å². The lowest BCUT2D eigenvalue weighted by atomic mass is 10.1. The van der Waals surface area contributed by atoms with Gasteiger partial charge < -0.3 is 4.42 Å². The number of aryl methyl sites for hydroxylation is 2. The lowest BCUT2D eigenvalue weighted by Crippen LogP contribution is -1.88. The van der Waals surface area contributed by atoms with Gasteiger partial charge in [0.2, 0.25) is 5.89 Å². The zero-order chi connectivity index (χ0) is 10.8. The van der Waals surface area contributed by atoms with E-state index in [9.17, 15) is 4.79 Å². The Kier molecular flexibility index (Phi) is 2.33. The third-order valence-corrected chi connectivity index (χ3v) is 2.24. The average molecular weight is 202 g/mol. The van der Waals surface area contributed by atoms with Crippen molar-refractivity contribution >= 4 is 6.29 Å². The Morgan fingerprint density at radius 2 is 2.20 bits per heavy atom. The van der Waals surface area contributed by atoms with Crippen LogP contribution >= 0.6 is 0 Å². The number of carbonyl (C=O) groups is 1. The number of hydrogen-bond donors (Lipinski definition) is 0. The third kappa shape index (κ3) is 1.66. The van der Waals surface area contributed by atoms with Crippen LogP contribution in [0.15, 0.2) is 22.9 Å². The van der Waals surface area contributed by atoms with Crippen LogP contribution in [0.3, 0.4) is 0 Å². The van der Waals surface area contributed by atoms with E-state index in [0.29, 0.717) is 17.0 Å². The second-order valence-electron chi connectivity index (χ2n) is 3.24. The Morgan fingerprint density at radius 3 is 2.80 bits per heavy atom. The summed E-state index contributed by atoms with van der Waals surface area (Å²) in [6.45, 7) is 3.70. The van der Waals surface area contributed by atoms with Gasteiger partial charge in [-0.3, -0.25) is 9.78 Å². The first-order chi connectivity index (χ1) is 7.22. The summed E-state index contributed by atoms with van der Waals surface area (Å²) < 4.78 is 5.43. The monoisotopic (exact) mass is 202 g/mol. The van der Waals surface area contributed by atoms with Gasteiger partial charge in [-0.15, -0.1) is 0 Å². The molecule has 2 aromatic rings. The van der Waals surface area contributed by atoms with Crippen LogP contribution in [0.1, 0.15) is 21.8 Å². The highest BCUT2D eigenvalue weighted by Crippen LogP contribution is 2.22. The van der Waals surface area contributed by atoms with Crippen molar-refractivity contribution in [1.29, 1.82) is 0 Å². The largest absolute Gasteiger partial charge is 0.441 e. The summed E-state index contributed by atoms with van der Waals surface area (Å²) in [6, 6.07) is 1.64. The fourth-order valence-corrected chi connectivity index (χ4v) is 1.27. The Labute approximate surface area is 87.0 Å². The van der Waals surface area contributed by atoms with Gasteiger partial charge >= 0.3 is 0 Å². The van der Waals surface area contributed by atoms with Crippen molar-refractivity contribution in [2.24, 2.45) is 0 Å². The molecule has 0 saturated heterocycles. The van der Waals surface area contributed by atoms with Crippen LogP contribution in [0.5, 0.6) is 0 Å². The third-order valence-electron chi connectivity index (χ3n) is 2.24. The summed E-state index contributed by atoms with van der Waals surface area (Å²) in [5.41, 5.74) is 1.99. The van der Waals surface area contributed by atoms with Gasteiger partial charge in [-0.2, -0.15) is 0 Å². The van der Waals surface area contributed by atoms with E-state index in [2.05, 4.69) is 9.97 Å². The van der Waals surface area contributed by atoms with Crippen molar-refractivity contribution in [3.8, 4) is 11.5 Å². The average Bonchev–Trinajstić information content (AvgIpc) is 2.59. The summed E-state index contributed by atoms with van der Waals surface area (Å²) in [6.07, 6.45) is 3.91. The van der Waals surface area contributed by atoms with Crippen molar-refractivity contribution in [3.05, 3.63) is 35.5 Å². The van der Waals surface area contributed by atoms with Gasteiger partial charge in [0, 0.05) is 18.0 Å². The van der Waals surface area contributed by atoms with Crippen molar-refractivity contribution in [2.45, 2.75) is 13.8 Å². The predicted octanol–water partition coefficient (Wildman–Crippen LogP) is 2.17. The predicted molar refractivity (Wildman–Crippen MR) is 54.6 cm³/mol. The number of rotatable bonds is 2. The van der Waals surface area contributed by atoms with Crippen LogP contribution in [0.2, 0.25) is 0 Å². The molecule has 0 aromatic carbocycles. The highest BCUT2D eigenvalue weighted by Gasteiger charge is 2.11. The minimum Gasteiger partial charge on any atom is -0.441 e. The van der Waals surface area contributed by atoms with E-state index in [1.165, 1.54) is 0 Å². The maximum Gasteiger partial charge on any atom is 0.228 e. The molecule has 4 heteroatoms. The molecule has 0 radical (unpaired) electrons. The first kappa shape index (κ1) is 9.58. The fraction of sp³-hybridized carbons (Fsp3) is 0.182. The van der Waals surface area contributed by atoms with Gasteiger partial charge in [0.25, 0.3) is 0 Å². The Balaban J connectivity index is 2.58. The van der Waals surface area contributed by atoms with Gasteiger partial charge in [-0.25, -0.2) is 4.98 Å². The van der Waals surface area contributed by atoms with Crippen LogP contribution in [0, 0.1) is 13.8 Å². The molecule has 0 N–H and O–H groups in total. The highest BCUT2D eigenvalue weighted by molar-refractivity contribution is 5.84. The van der Waals surface area contributed by atoms with E-state index in [1.807, 2.05) is 13.8 Å². The standard InChI is InChI=1S/C11H10N2O2/c1-7-8(2)15-11(13-7)10-5-12-4-3-9(10)6-14/h3-6H,1-2H3. The molecule has 0 fully saturated rings. The quantitative estimate of drug-likeness (QED) is 0.700. The molecule has 0 aliphatic heterocycles. The maximum atomic E-state index is 10.8. The fourth-order valence-electron chi connectivity index (χ4n) is 1.27. The molecule has 0 amide bonds. The molecule has 0 unspecified atom stereocenters. The lowest BCUT2D eigenvalue weighted by Gasteiger charge is -1.97. The van der Waals surface area contributed by atoms with Crippen LogP contribution in [-0.4, -0.2) is 16.3 Å². The molecule has 2 heterocycles. The zero-order valence-electron chi connectivity index (χ0n) is 8.52. The number of oxazole rings is 1. The van der Waals surface area contributed by atoms with E-state index in [0.717, 1.165) is 17.7 Å². The summed E-state index contributed by atoms with van der Waals surface area (Å²) in [7, 11) is 0. The van der Waals surface area contributed by atoms with Gasteiger partial charge in [0.15, 0.2) is 6.29 Å². The van der Waals surface area contributed by atoms with Crippen molar-refractivity contribution in [2.75, 3.05) is 0 Å². The molecule has 2 aromatic heterocycles. The molecule has 2 rings (SSSR count). The number of aldehydes is 1. The number of pyridine rings is 1. The molecule has 0 bridgehead atoms. The van der Waals surface area contributed by atoms with Crippen LogP contribution in [-0.2, 0) is 0 Å². The Hall–Kier alpha value is -1.97. The molecule has 0 atom stereocenters. The van der Waals surface area contributed by atoms with Crippen LogP contribution in [0.25, 0.3) is 11.5 Å². The molecule has 76 valence electrons. The molecule has 0 spiro atoms. The summed E-state index contributed by atoms with van der Waals surface area (Å²) in [5, 5.41) is 0. The second kappa shape index (κ2) is 3.65. The van der Waals surface area contributed by atoms with Crippen molar-refractivity contribution in [3.63, 3.8) is 0 Å². The topological polar surface area (TPSA) is 56.0 Å². The van der Waals surface area contributed by atoms with E-state index in [1.54, 1.807) is 18.5 Å². The maximum absolute atomic E-state index is 10.8. The minimum absolute atomic E-state index is 0.445. The SMILES string of the molecule is Cc1nc(-c2cnccc2C=O)oc1C. The first-order valence-corrected chi connectivity index (χ1v) is 4.56. The van der Waals surface area contributed by atoms with E-state index in [-0.39, 0.29) is 0 Å². The highest BCUT2D eigenvalue weighted by atomic mass is 16.4. The van der Waals surface area contributed by atoms with Crippen LogP contribution in [0.4, 0.5) is 0 Å². The zero-order valence-corrected chi connectivity index (χ0v) is 8.52. The summed E-state index contributed by atoms with van der Waals surface area (Å²) >= 11 is 0. The second-order valence-corrected chi connectivity index (χ2v) is 3.24. The smallest absolute Gasteiger partial charge is 0.228 e. The Morgan fingerprint density at radius 1 is 1.40 bits per heavy atom. The number of hydrogen-bond acceptors (Lipinski definition) is 4. The van der Waals surface area contributed by atoms with Crippen molar-refractivity contribution < 1.29 is 9.21 Å². The molecular weight excluding hydrogens is 192 g/mol. The minimum atomic E-state index is 0.445. The van der Waals surface area contributed by atoms with Crippen molar-refractivity contribution in [1.82, 2.24) is 9.97 Å². The lowest BCUT2D eigenvalue weighted by molar-refractivity contribution is 0.112. The molecule has 0 saturated carbocycles. The molecule has 15 heavy (non-hydrogen) atoms. The number of nitrogens with zero attached hydrogens (tertiary/aromatic N) is 2. The number of carbonyl (C=O) groups excluding carboxylic acids is 1. The van der Waals surface area contributed by atoms with Crippen LogP contribution < -0.4 is 0 Å². The number of aromatic nitrogens is 2. The summed E-state index contributed by atoms with van der Waals surface area (Å²) in [4.78, 5) is 19.0. The first-order valence-electron chi connectivity index (χ1n) is 4.56. The molecular formula is C11H10N2O2.